The first-order chi connectivity index (χ1) is 30.2. The zero-order valence-corrected chi connectivity index (χ0v) is 34.7. The van der Waals surface area contributed by atoms with E-state index in [0.717, 1.165) is 45.3 Å². The number of carbonyl (C=O) groups excluding carboxylic acids is 2. The summed E-state index contributed by atoms with van der Waals surface area (Å²) in [5.41, 5.74) is 2.20. The van der Waals surface area contributed by atoms with Crippen LogP contribution in [-0.2, 0) is 21.7 Å². The Morgan fingerprint density at radius 1 is 0.823 bits per heavy atom. The normalized spacial score (nSPS) is 16.8. The summed E-state index contributed by atoms with van der Waals surface area (Å²) in [6.07, 6.45) is 4.13. The Balaban J connectivity index is 0.875. The maximum atomic E-state index is 14.0. The van der Waals surface area contributed by atoms with Gasteiger partial charge in [0.15, 0.2) is 0 Å². The number of phenolic OH excluding ortho intramolecular Hbond substituents is 1. The number of aliphatic hydroxyl groups excluding tert-OH is 1. The number of aromatic amines is 1. The lowest BCUT2D eigenvalue weighted by atomic mass is 9.85. The van der Waals surface area contributed by atoms with Gasteiger partial charge >= 0.3 is 5.97 Å². The molecule has 6 aromatic rings. The summed E-state index contributed by atoms with van der Waals surface area (Å²) < 4.78 is 5.95. The monoisotopic (exact) mass is 835 g/mol. The lowest BCUT2D eigenvalue weighted by Crippen LogP contribution is -2.41. The van der Waals surface area contributed by atoms with Crippen molar-refractivity contribution in [1.82, 2.24) is 25.1 Å². The summed E-state index contributed by atoms with van der Waals surface area (Å²) in [7, 11) is 0. The van der Waals surface area contributed by atoms with Crippen molar-refractivity contribution >= 4 is 22.8 Å². The smallest absolute Gasteiger partial charge is 0.347 e. The number of likely N-dealkylation sites (tertiary alicyclic amines) is 2. The van der Waals surface area contributed by atoms with Crippen LogP contribution in [0.25, 0.3) is 22.2 Å². The molecule has 2 fully saturated rings. The number of aromatic hydroxyl groups is 1. The number of benzene rings is 4. The third-order valence-corrected chi connectivity index (χ3v) is 12.4. The molecule has 0 spiro atoms. The maximum Gasteiger partial charge on any atom is 0.347 e. The molecule has 2 aliphatic rings. The number of hydrogen-bond donors (Lipinski definition) is 5. The highest BCUT2D eigenvalue weighted by Gasteiger charge is 2.42. The molecule has 5 N–H and O–H groups in total. The number of ether oxygens (including phenoxy) is 1. The Labute approximate surface area is 360 Å². The van der Waals surface area contributed by atoms with Crippen molar-refractivity contribution in [1.29, 1.82) is 0 Å². The molecule has 8 rings (SSSR count). The molecule has 0 radical (unpaired) electrons. The van der Waals surface area contributed by atoms with Gasteiger partial charge in [0.1, 0.15) is 5.75 Å². The van der Waals surface area contributed by atoms with E-state index in [9.17, 15) is 29.7 Å². The summed E-state index contributed by atoms with van der Waals surface area (Å²) in [5.74, 6) is -0.383. The van der Waals surface area contributed by atoms with Gasteiger partial charge in [-0.3, -0.25) is 19.5 Å². The number of nitrogens with zero attached hydrogens (tertiary/aromatic N) is 3. The first-order valence-corrected chi connectivity index (χ1v) is 21.5. The summed E-state index contributed by atoms with van der Waals surface area (Å²) >= 11 is 0. The van der Waals surface area contributed by atoms with Crippen molar-refractivity contribution in [2.75, 3.05) is 45.9 Å². The quantitative estimate of drug-likeness (QED) is 0.0802. The van der Waals surface area contributed by atoms with Crippen molar-refractivity contribution in [3.63, 3.8) is 0 Å². The zero-order chi connectivity index (χ0) is 43.1. The molecule has 1 unspecified atom stereocenters. The predicted octanol–water partition coefficient (Wildman–Crippen LogP) is 6.16. The highest BCUT2D eigenvalue weighted by atomic mass is 16.5. The van der Waals surface area contributed by atoms with Gasteiger partial charge in [-0.1, -0.05) is 84.9 Å². The minimum atomic E-state index is -2.07. The molecule has 4 heterocycles. The second-order valence-electron chi connectivity index (χ2n) is 16.6. The average Bonchev–Trinajstić information content (AvgIpc) is 3.32. The van der Waals surface area contributed by atoms with Crippen LogP contribution in [-0.4, -0.2) is 92.8 Å². The van der Waals surface area contributed by atoms with Gasteiger partial charge in [-0.05, 0) is 104 Å². The van der Waals surface area contributed by atoms with Crippen LogP contribution in [0.2, 0.25) is 0 Å². The number of esters is 1. The van der Waals surface area contributed by atoms with E-state index >= 15 is 0 Å². The number of aliphatic hydroxyl groups is 2. The molecule has 4 aromatic carbocycles. The summed E-state index contributed by atoms with van der Waals surface area (Å²) in [4.78, 5) is 51.1. The minimum absolute atomic E-state index is 0.0528. The molecule has 0 bridgehead atoms. The number of hydrogen-bond acceptors (Lipinski definition) is 10. The molecule has 2 saturated heterocycles. The molecule has 320 valence electrons. The number of aromatic nitrogens is 2. The van der Waals surface area contributed by atoms with E-state index in [1.165, 1.54) is 17.7 Å². The molecule has 12 heteroatoms. The van der Waals surface area contributed by atoms with E-state index in [1.807, 2.05) is 23.1 Å². The average molecular weight is 836 g/mol. The lowest BCUT2D eigenvalue weighted by molar-refractivity contribution is -0.164. The van der Waals surface area contributed by atoms with Gasteiger partial charge in [0.05, 0.1) is 23.9 Å². The van der Waals surface area contributed by atoms with Crippen LogP contribution < -0.4 is 10.9 Å². The molecule has 2 atom stereocenters. The molecule has 0 aliphatic carbocycles. The van der Waals surface area contributed by atoms with Gasteiger partial charge < -0.3 is 35.3 Å². The van der Waals surface area contributed by atoms with Crippen LogP contribution in [0.4, 0.5) is 0 Å². The standard InChI is InChI=1S/C50H53N5O7/c56-44-16-14-41(42-15-17-46(58)53-47(42)44)45(57)31-51-30-34-21-26-55(27-22-34)48(59)38-18-23-52-43(29-38)37-10-7-13-40(28-37)50(61,39-11-5-2-6-12-39)49(60)62-33-36-19-24-54(25-20-36)32-35-8-3-1-4-9-35/h1-18,23,28-29,34,36,45,51,56-57,61H,19-22,24-27,30-33H2,(H,53,58)/t45-,50?/m0/s1. The number of carbonyl (C=O) groups is 2. The number of amides is 1. The number of phenols is 1. The summed E-state index contributed by atoms with van der Waals surface area (Å²) in [5, 5.41) is 37.5. The molecular weight excluding hydrogens is 783 g/mol. The Bertz CT molecular complexity index is 2540. The number of piperidine rings is 2. The highest BCUT2D eigenvalue weighted by molar-refractivity contribution is 5.95. The van der Waals surface area contributed by atoms with Crippen LogP contribution in [0.1, 0.15) is 64.4 Å². The van der Waals surface area contributed by atoms with E-state index in [-0.39, 0.29) is 29.7 Å². The third-order valence-electron chi connectivity index (χ3n) is 12.4. The van der Waals surface area contributed by atoms with Gasteiger partial charge in [-0.2, -0.15) is 0 Å². The topological polar surface area (TPSA) is 168 Å². The van der Waals surface area contributed by atoms with Crippen molar-refractivity contribution in [2.24, 2.45) is 11.8 Å². The molecule has 12 nitrogen and oxygen atoms in total. The Kier molecular flexibility index (Phi) is 13.2. The van der Waals surface area contributed by atoms with Gasteiger partial charge in [0, 0.05) is 60.5 Å². The van der Waals surface area contributed by atoms with Gasteiger partial charge in [-0.25, -0.2) is 4.79 Å². The summed E-state index contributed by atoms with van der Waals surface area (Å²) in [6.45, 7) is 5.05. The molecule has 2 aliphatic heterocycles. The van der Waals surface area contributed by atoms with E-state index in [4.69, 9.17) is 4.74 Å². The van der Waals surface area contributed by atoms with Crippen LogP contribution >= 0.6 is 0 Å². The zero-order valence-electron chi connectivity index (χ0n) is 34.7. The Morgan fingerprint density at radius 3 is 2.29 bits per heavy atom. The molecular formula is C50H53N5O7. The fraction of sp³-hybridized carbons (Fsp3) is 0.320. The molecule has 62 heavy (non-hydrogen) atoms. The van der Waals surface area contributed by atoms with Crippen molar-refractivity contribution < 1.29 is 29.6 Å². The van der Waals surface area contributed by atoms with Crippen molar-refractivity contribution in [3.8, 4) is 17.0 Å². The fourth-order valence-electron chi connectivity index (χ4n) is 8.76. The van der Waals surface area contributed by atoms with Crippen LogP contribution in [0.15, 0.2) is 132 Å². The third kappa shape index (κ3) is 9.64. The fourth-order valence-corrected chi connectivity index (χ4v) is 8.76. The van der Waals surface area contributed by atoms with Gasteiger partial charge in [0.25, 0.3) is 5.91 Å². The first-order valence-electron chi connectivity index (χ1n) is 21.5. The van der Waals surface area contributed by atoms with E-state index in [0.29, 0.717) is 76.5 Å². The first kappa shape index (κ1) is 42.5. The summed E-state index contributed by atoms with van der Waals surface area (Å²) in [6, 6.07) is 35.9. The number of rotatable bonds is 14. The van der Waals surface area contributed by atoms with Crippen LogP contribution in [0.3, 0.4) is 0 Å². The largest absolute Gasteiger partial charge is 0.506 e. The second-order valence-corrected chi connectivity index (χ2v) is 16.6. The Hall–Kier alpha value is -6.18. The van der Waals surface area contributed by atoms with E-state index in [2.05, 4.69) is 44.5 Å². The minimum Gasteiger partial charge on any atom is -0.506 e. The van der Waals surface area contributed by atoms with Gasteiger partial charge in [0.2, 0.25) is 11.2 Å². The number of fused-ring (bicyclic) bond motifs is 1. The van der Waals surface area contributed by atoms with E-state index in [1.54, 1.807) is 72.9 Å². The SMILES string of the molecule is O=C(c1ccnc(-c2cccc(C(O)(C(=O)OCC3CCN(Cc4ccccc4)CC3)c3ccccc3)c2)c1)N1CCC(CNC[C@H](O)c2ccc(O)c3[nH]c(=O)ccc23)CC1. The van der Waals surface area contributed by atoms with Crippen molar-refractivity contribution in [3.05, 3.63) is 166 Å². The maximum absolute atomic E-state index is 14.0. The predicted molar refractivity (Wildman–Crippen MR) is 237 cm³/mol. The number of nitrogens with one attached hydrogen (secondary N) is 2. The molecule has 1 amide bonds. The highest BCUT2D eigenvalue weighted by Crippen LogP contribution is 2.35. The van der Waals surface area contributed by atoms with Crippen LogP contribution in [0.5, 0.6) is 5.75 Å². The van der Waals surface area contributed by atoms with E-state index < -0.39 is 17.7 Å². The lowest BCUT2D eigenvalue weighted by Gasteiger charge is -2.33. The number of H-pyrrole nitrogens is 1. The number of pyridine rings is 2. The molecule has 0 saturated carbocycles. The van der Waals surface area contributed by atoms with Crippen LogP contribution in [0, 0.1) is 11.8 Å². The molecule has 2 aromatic heterocycles. The van der Waals surface area contributed by atoms with Crippen molar-refractivity contribution in [2.45, 2.75) is 43.9 Å². The second kappa shape index (κ2) is 19.3. The Morgan fingerprint density at radius 2 is 1.53 bits per heavy atom. The van der Waals surface area contributed by atoms with Gasteiger partial charge in [-0.15, -0.1) is 0 Å².